The summed E-state index contributed by atoms with van der Waals surface area (Å²) in [7, 11) is 1.66. The maximum absolute atomic E-state index is 10.9. The lowest BCUT2D eigenvalue weighted by Crippen LogP contribution is -1.94. The largest absolute Gasteiger partial charge is 0.464 e. The molecule has 2 rings (SSSR count). The van der Waals surface area contributed by atoms with Gasteiger partial charge in [-0.1, -0.05) is 12.1 Å². The van der Waals surface area contributed by atoms with Crippen LogP contribution in [0.3, 0.4) is 0 Å². The number of benzene rings is 1. The predicted molar refractivity (Wildman–Crippen MR) is 54.7 cm³/mol. The molecule has 1 heterocycles. The Balaban J connectivity index is 2.57. The topological polar surface area (TPSA) is 47.3 Å². The fourth-order valence-corrected chi connectivity index (χ4v) is 2.34. The maximum atomic E-state index is 10.9. The highest BCUT2D eigenvalue weighted by Crippen LogP contribution is 2.22. The molecule has 3 nitrogen and oxygen atoms in total. The van der Waals surface area contributed by atoms with Crippen LogP contribution in [0.15, 0.2) is 34.9 Å². The number of rotatable bonds is 2. The third-order valence-electron chi connectivity index (χ3n) is 1.91. The molecule has 14 heavy (non-hydrogen) atoms. The molecule has 1 aromatic carbocycles. The lowest BCUT2D eigenvalue weighted by Gasteiger charge is -1.98. The molecule has 0 saturated heterocycles. The summed E-state index contributed by atoms with van der Waals surface area (Å²) in [6.45, 7) is 0. The standard InChI is InChI=1S/C9H7ClO3S/c10-14(11,12)6-7-2-1-3-9-8(7)4-5-13-9/h1-5H,6H2. The number of hydrogen-bond acceptors (Lipinski definition) is 3. The summed E-state index contributed by atoms with van der Waals surface area (Å²) >= 11 is 0. The van der Waals surface area contributed by atoms with E-state index in [0.717, 1.165) is 5.39 Å². The van der Waals surface area contributed by atoms with Gasteiger partial charge in [-0.2, -0.15) is 0 Å². The molecule has 0 aliphatic rings. The molecule has 0 fully saturated rings. The minimum atomic E-state index is -3.52. The highest BCUT2D eigenvalue weighted by Gasteiger charge is 2.10. The molecule has 1 aromatic heterocycles. The number of fused-ring (bicyclic) bond motifs is 1. The lowest BCUT2D eigenvalue weighted by atomic mass is 10.1. The molecule has 5 heteroatoms. The van der Waals surface area contributed by atoms with Gasteiger partial charge in [-0.15, -0.1) is 0 Å². The van der Waals surface area contributed by atoms with Gasteiger partial charge >= 0.3 is 0 Å². The van der Waals surface area contributed by atoms with Gasteiger partial charge in [-0.05, 0) is 17.7 Å². The molecule has 0 atom stereocenters. The summed E-state index contributed by atoms with van der Waals surface area (Å²) in [6.07, 6.45) is 1.52. The van der Waals surface area contributed by atoms with Gasteiger partial charge in [-0.25, -0.2) is 8.42 Å². The summed E-state index contributed by atoms with van der Waals surface area (Å²) in [6, 6.07) is 6.97. The SMILES string of the molecule is O=S(=O)(Cl)Cc1cccc2occc12. The second kappa shape index (κ2) is 3.29. The Hall–Kier alpha value is -1.00. The van der Waals surface area contributed by atoms with E-state index in [1.807, 2.05) is 0 Å². The van der Waals surface area contributed by atoms with Crippen molar-refractivity contribution in [1.29, 1.82) is 0 Å². The maximum Gasteiger partial charge on any atom is 0.236 e. The molecule has 0 bridgehead atoms. The van der Waals surface area contributed by atoms with E-state index in [0.29, 0.717) is 11.1 Å². The predicted octanol–water partition coefficient (Wildman–Crippen LogP) is 2.50. The fourth-order valence-electron chi connectivity index (χ4n) is 1.37. The Kier molecular flexibility index (Phi) is 2.25. The lowest BCUT2D eigenvalue weighted by molar-refractivity contribution is 0.609. The number of halogens is 1. The van der Waals surface area contributed by atoms with Crippen LogP contribution < -0.4 is 0 Å². The van der Waals surface area contributed by atoms with Gasteiger partial charge in [0.15, 0.2) is 0 Å². The van der Waals surface area contributed by atoms with Gasteiger partial charge in [-0.3, -0.25) is 0 Å². The highest BCUT2D eigenvalue weighted by atomic mass is 35.7. The average Bonchev–Trinajstić information content (AvgIpc) is 2.49. The number of furan rings is 1. The van der Waals surface area contributed by atoms with Crippen molar-refractivity contribution in [3.63, 3.8) is 0 Å². The molecule has 0 spiro atoms. The average molecular weight is 231 g/mol. The molecule has 0 saturated carbocycles. The van der Waals surface area contributed by atoms with Crippen molar-refractivity contribution in [3.05, 3.63) is 36.1 Å². The first-order valence-corrected chi connectivity index (χ1v) is 6.41. The Labute approximate surface area is 85.7 Å². The van der Waals surface area contributed by atoms with Crippen LogP contribution in [0.2, 0.25) is 0 Å². The van der Waals surface area contributed by atoms with E-state index in [-0.39, 0.29) is 5.75 Å². The summed E-state index contributed by atoms with van der Waals surface area (Å²) in [4.78, 5) is 0. The normalized spacial score (nSPS) is 12.1. The molecule has 0 aliphatic heterocycles. The van der Waals surface area contributed by atoms with Crippen LogP contribution in [0.5, 0.6) is 0 Å². The minimum absolute atomic E-state index is 0.175. The molecule has 0 aliphatic carbocycles. The van der Waals surface area contributed by atoms with Crippen LogP contribution in [0.1, 0.15) is 5.56 Å². The fraction of sp³-hybridized carbons (Fsp3) is 0.111. The summed E-state index contributed by atoms with van der Waals surface area (Å²) in [5, 5.41) is 0.789. The van der Waals surface area contributed by atoms with E-state index in [1.165, 1.54) is 6.26 Å². The molecule has 2 aromatic rings. The Morgan fingerprint density at radius 3 is 2.79 bits per heavy atom. The zero-order valence-corrected chi connectivity index (χ0v) is 8.68. The van der Waals surface area contributed by atoms with E-state index >= 15 is 0 Å². The van der Waals surface area contributed by atoms with Crippen LogP contribution in [0.25, 0.3) is 11.0 Å². The van der Waals surface area contributed by atoms with Crippen LogP contribution in [-0.2, 0) is 14.8 Å². The summed E-state index contributed by atoms with van der Waals surface area (Å²) in [5.41, 5.74) is 1.33. The van der Waals surface area contributed by atoms with Crippen molar-refractivity contribution in [2.75, 3.05) is 0 Å². The molecule has 0 N–H and O–H groups in total. The quantitative estimate of drug-likeness (QED) is 0.745. The van der Waals surface area contributed by atoms with Gasteiger partial charge in [0.05, 0.1) is 12.0 Å². The van der Waals surface area contributed by atoms with Crippen molar-refractivity contribution in [2.45, 2.75) is 5.75 Å². The monoisotopic (exact) mass is 230 g/mol. The van der Waals surface area contributed by atoms with Gasteiger partial charge < -0.3 is 4.42 Å². The van der Waals surface area contributed by atoms with E-state index in [2.05, 4.69) is 0 Å². The van der Waals surface area contributed by atoms with Crippen LogP contribution in [-0.4, -0.2) is 8.42 Å². The van der Waals surface area contributed by atoms with Gasteiger partial charge in [0.2, 0.25) is 9.05 Å². The van der Waals surface area contributed by atoms with Crippen molar-refractivity contribution in [2.24, 2.45) is 0 Å². The van der Waals surface area contributed by atoms with Crippen LogP contribution in [0, 0.1) is 0 Å². The minimum Gasteiger partial charge on any atom is -0.464 e. The first-order valence-electron chi connectivity index (χ1n) is 3.94. The van der Waals surface area contributed by atoms with E-state index in [9.17, 15) is 8.42 Å². The molecule has 74 valence electrons. The Bertz CT molecular complexity index is 556. The van der Waals surface area contributed by atoms with Gasteiger partial charge in [0, 0.05) is 16.1 Å². The van der Waals surface area contributed by atoms with Crippen molar-refractivity contribution in [3.8, 4) is 0 Å². The van der Waals surface area contributed by atoms with Crippen molar-refractivity contribution < 1.29 is 12.8 Å². The third-order valence-corrected chi connectivity index (χ3v) is 2.90. The Morgan fingerprint density at radius 1 is 1.29 bits per heavy atom. The van der Waals surface area contributed by atoms with Crippen LogP contribution >= 0.6 is 10.7 Å². The van der Waals surface area contributed by atoms with Gasteiger partial charge in [0.25, 0.3) is 0 Å². The summed E-state index contributed by atoms with van der Waals surface area (Å²) < 4.78 is 26.9. The van der Waals surface area contributed by atoms with E-state index in [4.69, 9.17) is 15.1 Å². The molecular weight excluding hydrogens is 224 g/mol. The molecular formula is C9H7ClO3S. The first kappa shape index (κ1) is 9.55. The van der Waals surface area contributed by atoms with E-state index in [1.54, 1.807) is 24.3 Å². The zero-order valence-electron chi connectivity index (χ0n) is 7.10. The molecule has 0 radical (unpaired) electrons. The van der Waals surface area contributed by atoms with Crippen molar-refractivity contribution >= 4 is 30.7 Å². The van der Waals surface area contributed by atoms with Crippen molar-refractivity contribution in [1.82, 2.24) is 0 Å². The second-order valence-electron chi connectivity index (χ2n) is 2.93. The second-order valence-corrected chi connectivity index (χ2v) is 5.71. The Morgan fingerprint density at radius 2 is 2.07 bits per heavy atom. The summed E-state index contributed by atoms with van der Waals surface area (Å²) in [5.74, 6) is -0.175. The van der Waals surface area contributed by atoms with Crippen LogP contribution in [0.4, 0.5) is 0 Å². The zero-order chi connectivity index (χ0) is 10.2. The highest BCUT2D eigenvalue weighted by molar-refractivity contribution is 8.13. The third kappa shape index (κ3) is 1.91. The van der Waals surface area contributed by atoms with E-state index < -0.39 is 9.05 Å². The van der Waals surface area contributed by atoms with Gasteiger partial charge in [0.1, 0.15) is 5.58 Å². The number of hydrogen-bond donors (Lipinski definition) is 0. The molecule has 0 amide bonds. The smallest absolute Gasteiger partial charge is 0.236 e. The molecule has 0 unspecified atom stereocenters. The first-order chi connectivity index (χ1) is 6.56.